The molecule has 1 heterocycles. The van der Waals surface area contributed by atoms with E-state index in [1.807, 2.05) is 29.2 Å². The molecule has 5 nitrogen and oxygen atoms in total. The molecular formula is C24H29FN2O3. The fourth-order valence-electron chi connectivity index (χ4n) is 4.36. The van der Waals surface area contributed by atoms with Crippen molar-refractivity contribution in [3.63, 3.8) is 0 Å². The van der Waals surface area contributed by atoms with E-state index >= 15 is 0 Å². The van der Waals surface area contributed by atoms with E-state index in [-0.39, 0.29) is 17.8 Å². The van der Waals surface area contributed by atoms with Gasteiger partial charge in [0.2, 0.25) is 5.91 Å². The number of methoxy groups -OCH3 is 2. The number of halogens is 1. The van der Waals surface area contributed by atoms with Crippen LogP contribution in [0.5, 0.6) is 11.5 Å². The van der Waals surface area contributed by atoms with E-state index in [9.17, 15) is 9.18 Å². The van der Waals surface area contributed by atoms with Gasteiger partial charge in [0, 0.05) is 19.1 Å². The Bertz CT molecular complexity index is 900. The lowest BCUT2D eigenvalue weighted by atomic mass is 10.0. The second-order valence-corrected chi connectivity index (χ2v) is 8.13. The van der Waals surface area contributed by atoms with Crippen LogP contribution in [0.4, 0.5) is 4.39 Å². The zero-order chi connectivity index (χ0) is 21.1. The Morgan fingerprint density at radius 3 is 2.60 bits per heavy atom. The highest BCUT2D eigenvalue weighted by Gasteiger charge is 2.35. The summed E-state index contributed by atoms with van der Waals surface area (Å²) in [6.45, 7) is 1.73. The van der Waals surface area contributed by atoms with Crippen LogP contribution in [0.25, 0.3) is 0 Å². The van der Waals surface area contributed by atoms with Crippen LogP contribution in [0.1, 0.15) is 42.9 Å². The lowest BCUT2D eigenvalue weighted by molar-refractivity contribution is -0.133. The van der Waals surface area contributed by atoms with E-state index in [0.717, 1.165) is 43.4 Å². The third kappa shape index (κ3) is 4.59. The van der Waals surface area contributed by atoms with Crippen molar-refractivity contribution in [2.24, 2.45) is 0 Å². The predicted molar refractivity (Wildman–Crippen MR) is 113 cm³/mol. The van der Waals surface area contributed by atoms with E-state index in [1.54, 1.807) is 26.4 Å². The molecule has 0 spiro atoms. The number of amides is 1. The maximum Gasteiger partial charge on any atom is 0.237 e. The summed E-state index contributed by atoms with van der Waals surface area (Å²) in [6, 6.07) is 13.0. The zero-order valence-corrected chi connectivity index (χ0v) is 17.6. The molecule has 2 fully saturated rings. The minimum atomic E-state index is -0.234. The smallest absolute Gasteiger partial charge is 0.237 e. The molecule has 1 unspecified atom stereocenters. The second-order valence-electron chi connectivity index (χ2n) is 8.13. The Morgan fingerprint density at radius 1 is 1.10 bits per heavy atom. The zero-order valence-electron chi connectivity index (χ0n) is 17.6. The van der Waals surface area contributed by atoms with Gasteiger partial charge in [-0.3, -0.25) is 9.69 Å². The molecule has 1 amide bonds. The van der Waals surface area contributed by atoms with E-state index in [0.29, 0.717) is 30.6 Å². The molecule has 160 valence electrons. The number of carbonyl (C=O) groups excluding carboxylic acids is 1. The molecule has 1 saturated heterocycles. The minimum Gasteiger partial charge on any atom is -0.493 e. The van der Waals surface area contributed by atoms with Crippen molar-refractivity contribution >= 4 is 5.91 Å². The summed E-state index contributed by atoms with van der Waals surface area (Å²) < 4.78 is 24.4. The average Bonchev–Trinajstić information content (AvgIpc) is 3.48. The molecule has 2 aliphatic rings. The number of nitrogens with zero attached hydrogens (tertiary/aromatic N) is 2. The quantitative estimate of drug-likeness (QED) is 0.653. The summed E-state index contributed by atoms with van der Waals surface area (Å²) >= 11 is 0. The lowest BCUT2D eigenvalue weighted by Gasteiger charge is -2.29. The fourth-order valence-corrected chi connectivity index (χ4v) is 4.36. The fraction of sp³-hybridized carbons (Fsp3) is 0.458. The second kappa shape index (κ2) is 9.04. The Morgan fingerprint density at radius 2 is 1.90 bits per heavy atom. The third-order valence-electron chi connectivity index (χ3n) is 6.04. The first-order chi connectivity index (χ1) is 14.6. The van der Waals surface area contributed by atoms with Crippen molar-refractivity contribution in [2.75, 3.05) is 27.3 Å². The van der Waals surface area contributed by atoms with E-state index < -0.39 is 0 Å². The first kappa shape index (κ1) is 20.7. The van der Waals surface area contributed by atoms with Crippen molar-refractivity contribution in [3.05, 3.63) is 59.4 Å². The Kier molecular flexibility index (Phi) is 6.23. The number of carbonyl (C=O) groups is 1. The maximum atomic E-state index is 13.6. The van der Waals surface area contributed by atoms with E-state index in [4.69, 9.17) is 9.47 Å². The predicted octanol–water partition coefficient (Wildman–Crippen LogP) is 4.17. The highest BCUT2D eigenvalue weighted by molar-refractivity contribution is 5.79. The van der Waals surface area contributed by atoms with Crippen LogP contribution >= 0.6 is 0 Å². The van der Waals surface area contributed by atoms with Gasteiger partial charge in [-0.1, -0.05) is 18.2 Å². The van der Waals surface area contributed by atoms with Crippen LogP contribution in [-0.2, 0) is 11.3 Å². The topological polar surface area (TPSA) is 42.0 Å². The molecule has 1 atom stereocenters. The average molecular weight is 413 g/mol. The van der Waals surface area contributed by atoms with Crippen molar-refractivity contribution in [2.45, 2.75) is 44.3 Å². The maximum absolute atomic E-state index is 13.6. The summed E-state index contributed by atoms with van der Waals surface area (Å²) in [6.07, 6.45) is 4.12. The molecule has 0 N–H and O–H groups in total. The molecule has 0 radical (unpaired) electrons. The van der Waals surface area contributed by atoms with Gasteiger partial charge in [0.05, 0.1) is 26.8 Å². The highest BCUT2D eigenvalue weighted by Crippen LogP contribution is 2.37. The molecular weight excluding hydrogens is 383 g/mol. The summed E-state index contributed by atoms with van der Waals surface area (Å²) in [5, 5.41) is 0. The van der Waals surface area contributed by atoms with Gasteiger partial charge in [-0.2, -0.15) is 0 Å². The Hall–Kier alpha value is -2.60. The molecule has 0 aromatic heterocycles. The van der Waals surface area contributed by atoms with E-state index in [1.165, 1.54) is 6.07 Å². The number of ether oxygens (including phenoxy) is 2. The van der Waals surface area contributed by atoms with Crippen LogP contribution in [0, 0.1) is 5.82 Å². The van der Waals surface area contributed by atoms with Crippen molar-refractivity contribution in [1.29, 1.82) is 0 Å². The molecule has 1 aliphatic carbocycles. The van der Waals surface area contributed by atoms with Gasteiger partial charge in [0.25, 0.3) is 0 Å². The minimum absolute atomic E-state index is 0.0486. The molecule has 2 aromatic carbocycles. The van der Waals surface area contributed by atoms with Crippen LogP contribution < -0.4 is 9.47 Å². The Labute approximate surface area is 177 Å². The molecule has 1 saturated carbocycles. The first-order valence-electron chi connectivity index (χ1n) is 10.6. The largest absolute Gasteiger partial charge is 0.493 e. The molecule has 2 aromatic rings. The summed E-state index contributed by atoms with van der Waals surface area (Å²) in [5.41, 5.74) is 1.98. The van der Waals surface area contributed by atoms with Crippen LogP contribution in [0.3, 0.4) is 0 Å². The molecule has 6 heteroatoms. The van der Waals surface area contributed by atoms with Crippen molar-refractivity contribution in [3.8, 4) is 11.5 Å². The van der Waals surface area contributed by atoms with Gasteiger partial charge in [-0.15, -0.1) is 0 Å². The number of hydrogen-bond donors (Lipinski definition) is 0. The van der Waals surface area contributed by atoms with Gasteiger partial charge in [0.1, 0.15) is 5.82 Å². The third-order valence-corrected chi connectivity index (χ3v) is 6.04. The Balaban J connectivity index is 1.47. The number of likely N-dealkylation sites (tertiary alicyclic amines) is 1. The standard InChI is InChI=1S/C24H29FN2O3/c1-29-22-11-8-18(14-23(22)30-2)21-7-4-12-27(21)24(28)16-26(20-9-10-20)15-17-5-3-6-19(25)13-17/h3,5-6,8,11,13-14,20-21H,4,7,9-10,12,15-16H2,1-2H3. The van der Waals surface area contributed by atoms with Crippen LogP contribution in [0.15, 0.2) is 42.5 Å². The van der Waals surface area contributed by atoms with Gasteiger partial charge in [0.15, 0.2) is 11.5 Å². The van der Waals surface area contributed by atoms with Crippen molar-refractivity contribution < 1.29 is 18.7 Å². The summed E-state index contributed by atoms with van der Waals surface area (Å²) in [4.78, 5) is 17.4. The first-order valence-corrected chi connectivity index (χ1v) is 10.6. The highest BCUT2D eigenvalue weighted by atomic mass is 19.1. The van der Waals surface area contributed by atoms with Gasteiger partial charge in [-0.05, 0) is 61.1 Å². The number of benzene rings is 2. The van der Waals surface area contributed by atoms with Gasteiger partial charge < -0.3 is 14.4 Å². The van der Waals surface area contributed by atoms with Crippen LogP contribution in [0.2, 0.25) is 0 Å². The van der Waals surface area contributed by atoms with Gasteiger partial charge in [-0.25, -0.2) is 4.39 Å². The van der Waals surface area contributed by atoms with Crippen LogP contribution in [-0.4, -0.2) is 49.1 Å². The molecule has 1 aliphatic heterocycles. The molecule has 30 heavy (non-hydrogen) atoms. The normalized spacial score (nSPS) is 18.7. The molecule has 4 rings (SSSR count). The summed E-state index contributed by atoms with van der Waals surface area (Å²) in [7, 11) is 3.24. The van der Waals surface area contributed by atoms with Gasteiger partial charge >= 0.3 is 0 Å². The number of hydrogen-bond acceptors (Lipinski definition) is 4. The number of rotatable bonds is 8. The summed E-state index contributed by atoms with van der Waals surface area (Å²) in [5.74, 6) is 1.27. The molecule has 0 bridgehead atoms. The van der Waals surface area contributed by atoms with E-state index in [2.05, 4.69) is 4.90 Å². The SMILES string of the molecule is COc1ccc(C2CCCN2C(=O)CN(Cc2cccc(F)c2)C2CC2)cc1OC. The van der Waals surface area contributed by atoms with Crippen molar-refractivity contribution in [1.82, 2.24) is 9.80 Å². The monoisotopic (exact) mass is 412 g/mol. The lowest BCUT2D eigenvalue weighted by Crippen LogP contribution is -2.40.